The number of ether oxygens (including phenoxy) is 1. The fourth-order valence-electron chi connectivity index (χ4n) is 3.41. The van der Waals surface area contributed by atoms with Gasteiger partial charge in [0.2, 0.25) is 0 Å². The van der Waals surface area contributed by atoms with Crippen molar-refractivity contribution in [3.8, 4) is 0 Å². The molecule has 0 aromatic carbocycles. The number of nitrogens with one attached hydrogen (secondary N) is 1. The van der Waals surface area contributed by atoms with E-state index in [0.717, 1.165) is 19.6 Å². The molecule has 0 bridgehead atoms. The molecule has 1 aliphatic heterocycles. The third-order valence-corrected chi connectivity index (χ3v) is 4.46. The lowest BCUT2D eigenvalue weighted by molar-refractivity contribution is -0.0227. The van der Waals surface area contributed by atoms with Gasteiger partial charge >= 0.3 is 6.09 Å². The third-order valence-electron chi connectivity index (χ3n) is 4.46. The van der Waals surface area contributed by atoms with Gasteiger partial charge < -0.3 is 10.1 Å². The number of piperazine rings is 1. The van der Waals surface area contributed by atoms with Crippen molar-refractivity contribution in [2.24, 2.45) is 5.92 Å². The second-order valence-corrected chi connectivity index (χ2v) is 7.15. The molecule has 1 saturated carbocycles. The van der Waals surface area contributed by atoms with Crippen molar-refractivity contribution in [1.82, 2.24) is 10.2 Å². The van der Waals surface area contributed by atoms with E-state index in [1.807, 2.05) is 25.7 Å². The van der Waals surface area contributed by atoms with E-state index in [1.165, 1.54) is 25.7 Å². The zero-order valence-electron chi connectivity index (χ0n) is 12.8. The molecular weight excluding hydrogens is 240 g/mol. The Hall–Kier alpha value is -0.770. The second kappa shape index (κ2) is 5.31. The Labute approximate surface area is 116 Å². The van der Waals surface area contributed by atoms with Crippen LogP contribution >= 0.6 is 0 Å². The van der Waals surface area contributed by atoms with Crippen molar-refractivity contribution in [2.45, 2.75) is 64.5 Å². The lowest BCUT2D eigenvalue weighted by Gasteiger charge is -2.48. The van der Waals surface area contributed by atoms with Crippen LogP contribution in [0.3, 0.4) is 0 Å². The van der Waals surface area contributed by atoms with Gasteiger partial charge in [-0.15, -0.1) is 0 Å². The van der Waals surface area contributed by atoms with Crippen LogP contribution in [0.4, 0.5) is 4.79 Å². The van der Waals surface area contributed by atoms with E-state index in [4.69, 9.17) is 4.74 Å². The van der Waals surface area contributed by atoms with Crippen LogP contribution < -0.4 is 5.32 Å². The number of hydrogen-bond acceptors (Lipinski definition) is 3. The molecule has 0 radical (unpaired) electrons. The minimum atomic E-state index is -0.418. The zero-order valence-corrected chi connectivity index (χ0v) is 12.8. The summed E-state index contributed by atoms with van der Waals surface area (Å²) in [5, 5.41) is 3.45. The lowest BCUT2D eigenvalue weighted by Crippen LogP contribution is -2.65. The summed E-state index contributed by atoms with van der Waals surface area (Å²) in [5.74, 6) is 0.604. The average molecular weight is 268 g/mol. The van der Waals surface area contributed by atoms with Gasteiger partial charge in [-0.1, -0.05) is 12.8 Å². The average Bonchev–Trinajstić information content (AvgIpc) is 2.80. The molecule has 0 aromatic heterocycles. The summed E-state index contributed by atoms with van der Waals surface area (Å²) >= 11 is 0. The molecule has 4 nitrogen and oxygen atoms in total. The fraction of sp³-hybridized carbons (Fsp3) is 0.933. The van der Waals surface area contributed by atoms with Crippen LogP contribution in [0.25, 0.3) is 0 Å². The van der Waals surface area contributed by atoms with Crippen LogP contribution in [0, 0.1) is 5.92 Å². The molecule has 1 unspecified atom stereocenters. The largest absolute Gasteiger partial charge is 0.444 e. The summed E-state index contributed by atoms with van der Waals surface area (Å²) in [7, 11) is 0. The van der Waals surface area contributed by atoms with E-state index in [9.17, 15) is 4.79 Å². The van der Waals surface area contributed by atoms with Crippen molar-refractivity contribution in [3.63, 3.8) is 0 Å². The van der Waals surface area contributed by atoms with Crippen LogP contribution in [0.1, 0.15) is 53.4 Å². The van der Waals surface area contributed by atoms with Crippen molar-refractivity contribution in [1.29, 1.82) is 0 Å². The summed E-state index contributed by atoms with van der Waals surface area (Å²) in [5.41, 5.74) is -0.504. The normalized spacial score (nSPS) is 29.6. The van der Waals surface area contributed by atoms with E-state index in [2.05, 4.69) is 12.2 Å². The Bertz CT molecular complexity index is 332. The molecule has 4 heteroatoms. The molecule has 0 spiro atoms. The molecule has 1 heterocycles. The predicted molar refractivity (Wildman–Crippen MR) is 76.2 cm³/mol. The number of rotatable bonds is 1. The first-order valence-corrected chi connectivity index (χ1v) is 7.54. The molecule has 2 fully saturated rings. The number of carbonyl (C=O) groups is 1. The summed E-state index contributed by atoms with van der Waals surface area (Å²) < 4.78 is 5.59. The highest BCUT2D eigenvalue weighted by molar-refractivity contribution is 5.69. The lowest BCUT2D eigenvalue weighted by atomic mass is 9.81. The maximum absolute atomic E-state index is 12.5. The third kappa shape index (κ3) is 3.22. The van der Waals surface area contributed by atoms with Gasteiger partial charge in [0.1, 0.15) is 5.60 Å². The number of nitrogens with zero attached hydrogens (tertiary/aromatic N) is 1. The van der Waals surface area contributed by atoms with Gasteiger partial charge in [0.15, 0.2) is 0 Å². The Kier molecular flexibility index (Phi) is 4.09. The van der Waals surface area contributed by atoms with Crippen LogP contribution in [-0.2, 0) is 4.74 Å². The molecule has 110 valence electrons. The van der Waals surface area contributed by atoms with E-state index < -0.39 is 5.60 Å². The van der Waals surface area contributed by atoms with Crippen molar-refractivity contribution in [2.75, 3.05) is 19.6 Å². The highest BCUT2D eigenvalue weighted by atomic mass is 16.6. The molecule has 1 amide bonds. The van der Waals surface area contributed by atoms with Gasteiger partial charge in [0, 0.05) is 19.6 Å². The summed E-state index contributed by atoms with van der Waals surface area (Å²) in [4.78, 5) is 14.4. The first-order valence-electron chi connectivity index (χ1n) is 7.54. The molecule has 1 aliphatic carbocycles. The highest BCUT2D eigenvalue weighted by Crippen LogP contribution is 2.38. The Balaban J connectivity index is 2.13. The zero-order chi connectivity index (χ0) is 14.1. The molecule has 1 atom stereocenters. The van der Waals surface area contributed by atoms with Gasteiger partial charge in [-0.3, -0.25) is 4.90 Å². The predicted octanol–water partition coefficient (Wildman–Crippen LogP) is 2.78. The standard InChI is InChI=1S/C15H28N2O2/c1-14(2,3)19-13(18)17-10-9-16-11-15(17,4)12-7-5-6-8-12/h12,16H,5-11H2,1-4H3. The van der Waals surface area contributed by atoms with Crippen molar-refractivity contribution < 1.29 is 9.53 Å². The quantitative estimate of drug-likeness (QED) is 0.795. The van der Waals surface area contributed by atoms with Crippen LogP contribution in [0.2, 0.25) is 0 Å². The van der Waals surface area contributed by atoms with E-state index >= 15 is 0 Å². The molecule has 1 N–H and O–H groups in total. The number of carbonyl (C=O) groups excluding carboxylic acids is 1. The maximum Gasteiger partial charge on any atom is 0.410 e. The Morgan fingerprint density at radius 2 is 1.95 bits per heavy atom. The van der Waals surface area contributed by atoms with Crippen molar-refractivity contribution in [3.05, 3.63) is 0 Å². The molecule has 2 aliphatic rings. The smallest absolute Gasteiger partial charge is 0.410 e. The van der Waals surface area contributed by atoms with Gasteiger partial charge in [0.25, 0.3) is 0 Å². The molecular formula is C15H28N2O2. The van der Waals surface area contributed by atoms with E-state index in [-0.39, 0.29) is 11.6 Å². The second-order valence-electron chi connectivity index (χ2n) is 7.15. The van der Waals surface area contributed by atoms with Gasteiger partial charge in [0.05, 0.1) is 5.54 Å². The first-order chi connectivity index (χ1) is 8.83. The van der Waals surface area contributed by atoms with Crippen LogP contribution in [0.5, 0.6) is 0 Å². The maximum atomic E-state index is 12.5. The first kappa shape index (κ1) is 14.6. The fourth-order valence-corrected chi connectivity index (χ4v) is 3.41. The van der Waals surface area contributed by atoms with Gasteiger partial charge in [-0.05, 0) is 46.5 Å². The summed E-state index contributed by atoms with van der Waals surface area (Å²) in [6.07, 6.45) is 4.91. The van der Waals surface area contributed by atoms with Crippen molar-refractivity contribution >= 4 is 6.09 Å². The topological polar surface area (TPSA) is 41.6 Å². The van der Waals surface area contributed by atoms with Gasteiger partial charge in [-0.2, -0.15) is 0 Å². The Morgan fingerprint density at radius 3 is 2.53 bits per heavy atom. The van der Waals surface area contributed by atoms with Crippen LogP contribution in [-0.4, -0.2) is 41.8 Å². The minimum Gasteiger partial charge on any atom is -0.444 e. The molecule has 2 rings (SSSR count). The van der Waals surface area contributed by atoms with E-state index in [1.54, 1.807) is 0 Å². The molecule has 19 heavy (non-hydrogen) atoms. The SMILES string of the molecule is CC(C)(C)OC(=O)N1CCNCC1(C)C1CCCC1. The monoisotopic (exact) mass is 268 g/mol. The number of hydrogen-bond donors (Lipinski definition) is 1. The highest BCUT2D eigenvalue weighted by Gasteiger charge is 2.45. The van der Waals surface area contributed by atoms with E-state index in [0.29, 0.717) is 5.92 Å². The minimum absolute atomic E-state index is 0.0862. The van der Waals surface area contributed by atoms with Gasteiger partial charge in [-0.25, -0.2) is 4.79 Å². The summed E-state index contributed by atoms with van der Waals surface area (Å²) in [6, 6.07) is 0. The Morgan fingerprint density at radius 1 is 1.32 bits per heavy atom. The number of amides is 1. The van der Waals surface area contributed by atoms with Crippen LogP contribution in [0.15, 0.2) is 0 Å². The molecule has 0 aromatic rings. The summed E-state index contributed by atoms with van der Waals surface area (Å²) in [6.45, 7) is 10.5. The molecule has 1 saturated heterocycles.